The second-order valence-electron chi connectivity index (χ2n) is 17.1. The molecule has 21 nitrogen and oxygen atoms in total. The highest BCUT2D eigenvalue weighted by Crippen LogP contribution is 2.59. The fourth-order valence-electron chi connectivity index (χ4n) is 8.69. The quantitative estimate of drug-likeness (QED) is 0.0815. The van der Waals surface area contributed by atoms with Crippen LogP contribution in [0.2, 0.25) is 10.0 Å². The van der Waals surface area contributed by atoms with Crippen molar-refractivity contribution in [3.8, 4) is 17.2 Å². The molecule has 4 aliphatic rings. The van der Waals surface area contributed by atoms with Crippen LogP contribution in [0.25, 0.3) is 11.1 Å². The molecular weight excluding hydrogens is 1030 g/mol. The highest BCUT2D eigenvalue weighted by atomic mass is 35.5. The van der Waals surface area contributed by atoms with E-state index in [1.54, 1.807) is 24.3 Å². The van der Waals surface area contributed by atoms with Crippen LogP contribution in [-0.2, 0) is 63.6 Å². The molecule has 0 bridgehead atoms. The molecule has 2 saturated heterocycles. The summed E-state index contributed by atoms with van der Waals surface area (Å²) in [6.45, 7) is 7.00. The molecule has 0 saturated carbocycles. The Kier molecular flexibility index (Phi) is 14.2. The molecule has 72 heavy (non-hydrogen) atoms. The smallest absolute Gasteiger partial charge is 0.368 e. The molecule has 4 heterocycles. The van der Waals surface area contributed by atoms with Crippen molar-refractivity contribution in [1.82, 2.24) is 20.5 Å². The number of esters is 6. The number of carbonyl (C=O) groups is 9. The van der Waals surface area contributed by atoms with Gasteiger partial charge in [-0.3, -0.25) is 43.3 Å². The van der Waals surface area contributed by atoms with Crippen LogP contribution in [0.4, 0.5) is 0 Å². The van der Waals surface area contributed by atoms with Crippen molar-refractivity contribution in [3.05, 3.63) is 102 Å². The zero-order chi connectivity index (χ0) is 52.1. The van der Waals surface area contributed by atoms with Gasteiger partial charge in [0.2, 0.25) is 18.4 Å². The number of halogens is 2. The van der Waals surface area contributed by atoms with Gasteiger partial charge in [0.1, 0.15) is 45.1 Å². The van der Waals surface area contributed by atoms with Gasteiger partial charge >= 0.3 is 41.4 Å². The van der Waals surface area contributed by atoms with Gasteiger partial charge in [0.05, 0.1) is 16.6 Å². The van der Waals surface area contributed by atoms with Crippen molar-refractivity contribution in [3.63, 3.8) is 0 Å². The van der Waals surface area contributed by atoms with Crippen LogP contribution in [0.15, 0.2) is 62.9 Å². The summed E-state index contributed by atoms with van der Waals surface area (Å²) >= 11 is 15.7. The van der Waals surface area contributed by atoms with E-state index in [4.69, 9.17) is 56.0 Å². The van der Waals surface area contributed by atoms with Gasteiger partial charge in [-0.05, 0) is 53.1 Å². The van der Waals surface area contributed by atoms with E-state index < -0.39 is 106 Å². The Balaban J connectivity index is 1.02. The zero-order valence-corrected chi connectivity index (χ0v) is 41.9. The van der Waals surface area contributed by atoms with Gasteiger partial charge in [-0.25, -0.2) is 14.6 Å². The van der Waals surface area contributed by atoms with Crippen molar-refractivity contribution >= 4 is 111 Å². The van der Waals surface area contributed by atoms with Crippen molar-refractivity contribution in [2.45, 2.75) is 75.6 Å². The van der Waals surface area contributed by atoms with E-state index >= 15 is 0 Å². The van der Waals surface area contributed by atoms with E-state index in [-0.39, 0.29) is 62.0 Å². The first-order valence-corrected chi connectivity index (χ1v) is 24.4. The Morgan fingerprint density at radius 3 is 2.06 bits per heavy atom. The lowest BCUT2D eigenvalue weighted by molar-refractivity contribution is -0.166. The summed E-state index contributed by atoms with van der Waals surface area (Å²) in [5.74, 6) is -6.67. The molecular formula is C47H40Cl2N4O17S2. The number of carbonyl (C=O) groups excluding carboxylic acids is 9. The van der Waals surface area contributed by atoms with Gasteiger partial charge in [0, 0.05) is 68.2 Å². The predicted molar refractivity (Wildman–Crippen MR) is 254 cm³/mol. The first-order chi connectivity index (χ1) is 34.0. The second kappa shape index (κ2) is 19.9. The highest BCUT2D eigenvalue weighted by Gasteiger charge is 2.58. The van der Waals surface area contributed by atoms with Crippen LogP contribution in [0.5, 0.6) is 17.2 Å². The summed E-state index contributed by atoms with van der Waals surface area (Å²) in [5, 5.41) is 3.13. The molecule has 3 atom stereocenters. The van der Waals surface area contributed by atoms with Crippen LogP contribution in [0.3, 0.4) is 0 Å². The Hall–Kier alpha value is -6.95. The lowest BCUT2D eigenvalue weighted by atomic mass is 9.62. The Morgan fingerprint density at radius 1 is 0.833 bits per heavy atom. The van der Waals surface area contributed by atoms with E-state index in [1.165, 1.54) is 50.7 Å². The number of aromatic nitrogens is 1. The van der Waals surface area contributed by atoms with E-state index in [0.717, 1.165) is 23.6 Å². The predicted octanol–water partition coefficient (Wildman–Crippen LogP) is 4.35. The lowest BCUT2D eigenvalue weighted by Crippen LogP contribution is -2.71. The number of amides is 3. The van der Waals surface area contributed by atoms with E-state index in [1.807, 2.05) is 13.8 Å². The number of nitrogens with zero attached hydrogens (tertiary/aromatic N) is 2. The van der Waals surface area contributed by atoms with E-state index in [0.29, 0.717) is 27.8 Å². The SMILES string of the molecule is CC(=O)OCOC(=O)C1=C(CSC2CC3(OC2=O)c2cc(Cl)c(OC(C)=O)cc2C(C)(C)c2cc(OC(C)=O)c(Cl)cc23)CSC2C(NC(=O)CNC(=O)c3nc4ccc(OC(C)=O)cc4oc3=O)C(=O)N12. The number of thioether (sulfide) groups is 2. The van der Waals surface area contributed by atoms with Crippen molar-refractivity contribution in [1.29, 1.82) is 0 Å². The third kappa shape index (κ3) is 9.84. The highest BCUT2D eigenvalue weighted by molar-refractivity contribution is 8.01. The van der Waals surface area contributed by atoms with E-state index in [9.17, 15) is 47.9 Å². The van der Waals surface area contributed by atoms with Gasteiger partial charge in [-0.15, -0.1) is 23.5 Å². The summed E-state index contributed by atoms with van der Waals surface area (Å²) in [6, 6.07) is 9.10. The zero-order valence-electron chi connectivity index (χ0n) is 38.7. The van der Waals surface area contributed by atoms with Gasteiger partial charge in [-0.1, -0.05) is 37.0 Å². The van der Waals surface area contributed by atoms with Crippen molar-refractivity contribution in [2.75, 3.05) is 24.8 Å². The van der Waals surface area contributed by atoms with E-state index in [2.05, 4.69) is 15.6 Å². The standard InChI is InChI=1S/C47H40Cl2N4O17S2/c1-19(54)64-18-65-45(63)39-23(17-72-42-38(41(60)53(39)42)52-36(58)15-50-40(59)37-44(62)69-34-9-24(66-20(2)55)7-8-31(34)51-37)16-71-35-14-47(70-43(35)61)27-10-29(48)32(67-21(3)56)12-25(27)46(5,6)26-13-33(68-22(4)57)30(49)11-28(26)47/h7-13,35,38,42H,14-18H2,1-6H3,(H,50,59)(H,52,58). The normalized spacial score (nSPS) is 18.9. The van der Waals surface area contributed by atoms with Crippen LogP contribution in [-0.4, -0.2) is 105 Å². The minimum atomic E-state index is -1.53. The molecule has 1 aliphatic carbocycles. The fraction of sp³-hybridized carbons (Fsp3) is 0.340. The third-order valence-electron chi connectivity index (χ3n) is 11.8. The largest absolute Gasteiger partial charge is 0.448 e. The first kappa shape index (κ1) is 51.4. The minimum absolute atomic E-state index is 0.0120. The molecule has 3 amide bonds. The van der Waals surface area contributed by atoms with Crippen molar-refractivity contribution in [2.24, 2.45) is 0 Å². The number of rotatable bonds is 13. The monoisotopic (exact) mass is 1070 g/mol. The number of β-lactam (4-membered cyclic amide) rings is 1. The lowest BCUT2D eigenvalue weighted by Gasteiger charge is -2.49. The molecule has 1 spiro atoms. The number of fused-ring (bicyclic) bond motifs is 6. The number of hydrogen-bond acceptors (Lipinski definition) is 20. The summed E-state index contributed by atoms with van der Waals surface area (Å²) in [5.41, 5.74) is -1.99. The summed E-state index contributed by atoms with van der Waals surface area (Å²) in [7, 11) is 0. The Morgan fingerprint density at radius 2 is 1.46 bits per heavy atom. The van der Waals surface area contributed by atoms with Crippen molar-refractivity contribution < 1.29 is 76.0 Å². The maximum absolute atomic E-state index is 14.1. The summed E-state index contributed by atoms with van der Waals surface area (Å²) in [4.78, 5) is 133. The average molecular weight is 1070 g/mol. The van der Waals surface area contributed by atoms with Crippen LogP contribution in [0.1, 0.15) is 80.7 Å². The van der Waals surface area contributed by atoms with Gasteiger partial charge < -0.3 is 43.5 Å². The number of ether oxygens (including phenoxy) is 6. The van der Waals surface area contributed by atoms with Crippen LogP contribution in [0, 0.1) is 0 Å². The molecule has 2 fully saturated rings. The molecule has 4 aromatic rings. The van der Waals surface area contributed by atoms with Crippen LogP contribution >= 0.6 is 46.7 Å². The topological polar surface area (TPSA) is 279 Å². The molecule has 2 N–H and O–H groups in total. The molecule has 0 radical (unpaired) electrons. The molecule has 3 unspecified atom stereocenters. The molecule has 3 aliphatic heterocycles. The first-order valence-electron chi connectivity index (χ1n) is 21.6. The number of hydrogen-bond donors (Lipinski definition) is 2. The minimum Gasteiger partial charge on any atom is -0.448 e. The molecule has 3 aromatic carbocycles. The third-order valence-corrected chi connectivity index (χ3v) is 15.0. The summed E-state index contributed by atoms with van der Waals surface area (Å²) in [6.07, 6.45) is -0.0120. The number of nitrogens with one attached hydrogen (secondary N) is 2. The summed E-state index contributed by atoms with van der Waals surface area (Å²) < 4.78 is 37.5. The maximum Gasteiger partial charge on any atom is 0.368 e. The van der Waals surface area contributed by atoms with Gasteiger partial charge in [0.25, 0.3) is 11.8 Å². The van der Waals surface area contributed by atoms with Gasteiger partial charge in [0.15, 0.2) is 11.2 Å². The van der Waals surface area contributed by atoms with Crippen LogP contribution < -0.4 is 30.5 Å². The molecule has 376 valence electrons. The molecule has 1 aromatic heterocycles. The molecule has 25 heteroatoms. The number of benzene rings is 3. The Bertz CT molecular complexity index is 3100. The molecule has 8 rings (SSSR count). The maximum atomic E-state index is 14.1. The average Bonchev–Trinajstić information content (AvgIpc) is 3.64. The second-order valence-corrected chi connectivity index (χ2v) is 20.2. The Labute approximate surface area is 425 Å². The van der Waals surface area contributed by atoms with Gasteiger partial charge in [-0.2, -0.15) is 0 Å². The fourth-order valence-corrected chi connectivity index (χ4v) is 11.7.